The molecule has 0 bridgehead atoms. The smallest absolute Gasteiger partial charge is 0.274 e. The van der Waals surface area contributed by atoms with E-state index in [1.807, 2.05) is 6.07 Å². The number of aromatic nitrogens is 2. The second kappa shape index (κ2) is 8.42. The molecule has 0 N–H and O–H groups in total. The molecule has 8 nitrogen and oxygen atoms in total. The van der Waals surface area contributed by atoms with Crippen LogP contribution >= 0.6 is 0 Å². The highest BCUT2D eigenvalue weighted by Crippen LogP contribution is 2.19. The largest absolute Gasteiger partial charge is 0.368 e. The highest BCUT2D eigenvalue weighted by Gasteiger charge is 2.23. The lowest BCUT2D eigenvalue weighted by Gasteiger charge is -2.36. The van der Waals surface area contributed by atoms with Gasteiger partial charge in [-0.3, -0.25) is 9.59 Å². The van der Waals surface area contributed by atoms with Gasteiger partial charge in [0.05, 0.1) is 0 Å². The van der Waals surface area contributed by atoms with E-state index in [9.17, 15) is 14.0 Å². The molecule has 0 spiro atoms. The van der Waals surface area contributed by atoms with Crippen LogP contribution < -0.4 is 9.80 Å². The van der Waals surface area contributed by atoms with E-state index >= 15 is 0 Å². The third-order valence-electron chi connectivity index (χ3n) is 5.42. The van der Waals surface area contributed by atoms with Crippen LogP contribution in [0, 0.1) is 5.82 Å². The molecule has 2 aromatic rings. The Kier molecular flexibility index (Phi) is 5.55. The molecule has 152 valence electrons. The summed E-state index contributed by atoms with van der Waals surface area (Å²) in [5, 5.41) is 8.39. The van der Waals surface area contributed by atoms with Gasteiger partial charge in [-0.1, -0.05) is 0 Å². The lowest BCUT2D eigenvalue weighted by molar-refractivity contribution is -0.119. The van der Waals surface area contributed by atoms with Gasteiger partial charge in [-0.2, -0.15) is 0 Å². The Balaban J connectivity index is 1.33. The molecule has 3 heterocycles. The van der Waals surface area contributed by atoms with Crippen molar-refractivity contribution < 1.29 is 14.0 Å². The topological polar surface area (TPSA) is 72.9 Å². The zero-order valence-electron chi connectivity index (χ0n) is 16.1. The number of hydrogen-bond acceptors (Lipinski definition) is 6. The van der Waals surface area contributed by atoms with Crippen LogP contribution in [0.15, 0.2) is 36.4 Å². The number of nitrogens with zero attached hydrogens (tertiary/aromatic N) is 6. The number of amides is 2. The molecule has 1 aromatic carbocycles. The molecule has 1 aromatic heterocycles. The summed E-state index contributed by atoms with van der Waals surface area (Å²) in [5.41, 5.74) is 1.33. The molecule has 9 heteroatoms. The average Bonchev–Trinajstić information content (AvgIpc) is 2.79. The molecule has 0 radical (unpaired) electrons. The Morgan fingerprint density at radius 1 is 0.828 bits per heavy atom. The lowest BCUT2D eigenvalue weighted by atomic mass is 10.2. The fourth-order valence-electron chi connectivity index (χ4n) is 3.65. The number of rotatable bonds is 4. The SMILES string of the molecule is O=CN1CCN(C(=O)c2ccc(N3CCN(c4ccc(F)cc4)CC3)nn2)CC1. The van der Waals surface area contributed by atoms with E-state index in [4.69, 9.17) is 0 Å². The van der Waals surface area contributed by atoms with E-state index in [-0.39, 0.29) is 11.7 Å². The maximum absolute atomic E-state index is 13.1. The Hall–Kier alpha value is -3.23. The van der Waals surface area contributed by atoms with Gasteiger partial charge < -0.3 is 19.6 Å². The molecule has 0 saturated carbocycles. The number of hydrogen-bond donors (Lipinski definition) is 0. The summed E-state index contributed by atoms with van der Waals surface area (Å²) in [6.45, 7) is 5.24. The van der Waals surface area contributed by atoms with Gasteiger partial charge in [-0.05, 0) is 36.4 Å². The van der Waals surface area contributed by atoms with Gasteiger partial charge in [0.2, 0.25) is 6.41 Å². The van der Waals surface area contributed by atoms with E-state index in [0.717, 1.165) is 44.1 Å². The van der Waals surface area contributed by atoms with Crippen molar-refractivity contribution in [3.05, 3.63) is 47.9 Å². The summed E-state index contributed by atoms with van der Waals surface area (Å²) in [6.07, 6.45) is 0.812. The lowest BCUT2D eigenvalue weighted by Crippen LogP contribution is -2.48. The van der Waals surface area contributed by atoms with E-state index in [0.29, 0.717) is 31.9 Å². The summed E-state index contributed by atoms with van der Waals surface area (Å²) in [5.74, 6) is 0.352. The van der Waals surface area contributed by atoms with E-state index < -0.39 is 0 Å². The standard InChI is InChI=1S/C20H23FN6O2/c21-16-1-3-17(4-2-16)25-11-13-26(14-12-25)19-6-5-18(22-23-19)20(29)27-9-7-24(15-28)8-10-27/h1-6,15H,7-14H2. The van der Waals surface area contributed by atoms with Gasteiger partial charge in [0.1, 0.15) is 5.82 Å². The summed E-state index contributed by atoms with van der Waals surface area (Å²) in [4.78, 5) is 31.1. The van der Waals surface area contributed by atoms with E-state index in [2.05, 4.69) is 20.0 Å². The number of carbonyl (C=O) groups excluding carboxylic acids is 2. The average molecular weight is 398 g/mol. The van der Waals surface area contributed by atoms with Crippen LogP contribution in [0.3, 0.4) is 0 Å². The first-order chi connectivity index (χ1) is 14.1. The van der Waals surface area contributed by atoms with Gasteiger partial charge in [0.15, 0.2) is 11.5 Å². The second-order valence-corrected chi connectivity index (χ2v) is 7.16. The number of anilines is 2. The first-order valence-electron chi connectivity index (χ1n) is 9.72. The summed E-state index contributed by atoms with van der Waals surface area (Å²) >= 11 is 0. The predicted octanol–water partition coefficient (Wildman–Crippen LogP) is 0.856. The predicted molar refractivity (Wildman–Crippen MR) is 106 cm³/mol. The minimum absolute atomic E-state index is 0.157. The minimum Gasteiger partial charge on any atom is -0.368 e. The summed E-state index contributed by atoms with van der Waals surface area (Å²) < 4.78 is 13.1. The van der Waals surface area contributed by atoms with E-state index in [1.54, 1.807) is 28.0 Å². The number of benzene rings is 1. The number of piperazine rings is 2. The Bertz CT molecular complexity index is 844. The van der Waals surface area contributed by atoms with E-state index in [1.165, 1.54) is 12.1 Å². The third kappa shape index (κ3) is 4.28. The first-order valence-corrected chi connectivity index (χ1v) is 9.72. The van der Waals surface area contributed by atoms with Gasteiger partial charge in [0.25, 0.3) is 5.91 Å². The van der Waals surface area contributed by atoms with Crippen molar-refractivity contribution in [1.82, 2.24) is 20.0 Å². The molecule has 4 rings (SSSR count). The molecule has 2 fully saturated rings. The van der Waals surface area contributed by atoms with Crippen LogP contribution in [0.1, 0.15) is 10.5 Å². The maximum Gasteiger partial charge on any atom is 0.274 e. The van der Waals surface area contributed by atoms with Crippen LogP contribution in [0.4, 0.5) is 15.9 Å². The highest BCUT2D eigenvalue weighted by atomic mass is 19.1. The molecular weight excluding hydrogens is 375 g/mol. The van der Waals surface area contributed by atoms with Crippen LogP contribution in [-0.2, 0) is 4.79 Å². The van der Waals surface area contributed by atoms with Gasteiger partial charge >= 0.3 is 0 Å². The zero-order valence-corrected chi connectivity index (χ0v) is 16.1. The molecule has 2 aliphatic heterocycles. The molecule has 2 aliphatic rings. The van der Waals surface area contributed by atoms with Crippen molar-refractivity contribution in [2.75, 3.05) is 62.2 Å². The van der Waals surface area contributed by atoms with Crippen LogP contribution in [0.5, 0.6) is 0 Å². The van der Waals surface area contributed by atoms with Crippen molar-refractivity contribution >= 4 is 23.8 Å². The Labute approximate surface area is 168 Å². The van der Waals surface area contributed by atoms with Gasteiger partial charge in [-0.25, -0.2) is 4.39 Å². The number of carbonyl (C=O) groups is 2. The van der Waals surface area contributed by atoms with Crippen molar-refractivity contribution in [1.29, 1.82) is 0 Å². The molecule has 29 heavy (non-hydrogen) atoms. The molecule has 2 saturated heterocycles. The van der Waals surface area contributed by atoms with Crippen molar-refractivity contribution in [3.8, 4) is 0 Å². The molecule has 0 aliphatic carbocycles. The first kappa shape index (κ1) is 19.1. The van der Waals surface area contributed by atoms with Gasteiger partial charge in [0, 0.05) is 58.0 Å². The van der Waals surface area contributed by atoms with Crippen LogP contribution in [0.2, 0.25) is 0 Å². The van der Waals surface area contributed by atoms with Crippen molar-refractivity contribution in [3.63, 3.8) is 0 Å². The highest BCUT2D eigenvalue weighted by molar-refractivity contribution is 5.92. The number of halogens is 1. The molecule has 2 amide bonds. The Morgan fingerprint density at radius 3 is 2.07 bits per heavy atom. The quantitative estimate of drug-likeness (QED) is 0.712. The second-order valence-electron chi connectivity index (χ2n) is 7.16. The molecular formula is C20H23FN6O2. The normalized spacial score (nSPS) is 17.4. The fraction of sp³-hybridized carbons (Fsp3) is 0.400. The van der Waals surface area contributed by atoms with Gasteiger partial charge in [-0.15, -0.1) is 10.2 Å². The summed E-state index contributed by atoms with van der Waals surface area (Å²) in [7, 11) is 0. The molecule has 0 unspecified atom stereocenters. The van der Waals surface area contributed by atoms with Crippen LogP contribution in [0.25, 0.3) is 0 Å². The van der Waals surface area contributed by atoms with Crippen LogP contribution in [-0.4, -0.2) is 84.7 Å². The van der Waals surface area contributed by atoms with Crippen molar-refractivity contribution in [2.45, 2.75) is 0 Å². The maximum atomic E-state index is 13.1. The van der Waals surface area contributed by atoms with Crippen molar-refractivity contribution in [2.24, 2.45) is 0 Å². The molecule has 0 atom stereocenters. The minimum atomic E-state index is -0.233. The zero-order chi connectivity index (χ0) is 20.2. The Morgan fingerprint density at radius 2 is 1.48 bits per heavy atom. The third-order valence-corrected chi connectivity index (χ3v) is 5.42. The monoisotopic (exact) mass is 398 g/mol. The summed E-state index contributed by atoms with van der Waals surface area (Å²) in [6, 6.07) is 10.1. The fourth-order valence-corrected chi connectivity index (χ4v) is 3.65.